The average Bonchev–Trinajstić information content (AvgIpc) is 2.43. The van der Waals surface area contributed by atoms with Gasteiger partial charge in [-0.2, -0.15) is 0 Å². The van der Waals surface area contributed by atoms with E-state index in [1.165, 1.54) is 0 Å². The monoisotopic (exact) mass is 250 g/mol. The molecule has 0 radical (unpaired) electrons. The van der Waals surface area contributed by atoms with E-state index in [0.29, 0.717) is 19.3 Å². The molecule has 100 valence electrons. The zero-order chi connectivity index (χ0) is 12.8. The Kier molecular flexibility index (Phi) is 5.02. The fraction of sp³-hybridized carbons (Fsp3) is 0.600. The van der Waals surface area contributed by atoms with Crippen molar-refractivity contribution in [2.45, 2.75) is 52.1 Å². The van der Waals surface area contributed by atoms with Crippen LogP contribution in [0, 0.1) is 0 Å². The predicted molar refractivity (Wildman–Crippen MR) is 70.6 cm³/mol. The maximum atomic E-state index is 5.84. The van der Waals surface area contributed by atoms with Gasteiger partial charge in [-0.15, -0.1) is 0 Å². The van der Waals surface area contributed by atoms with E-state index in [-0.39, 0.29) is 6.29 Å². The summed E-state index contributed by atoms with van der Waals surface area (Å²) in [5.74, 6) is 0.917. The van der Waals surface area contributed by atoms with Gasteiger partial charge in [-0.1, -0.05) is 38.5 Å². The summed E-state index contributed by atoms with van der Waals surface area (Å²) in [7, 11) is 0. The van der Waals surface area contributed by atoms with Gasteiger partial charge in [0.25, 0.3) is 0 Å². The summed E-state index contributed by atoms with van der Waals surface area (Å²) in [5.41, 5.74) is 1.11. The van der Waals surface area contributed by atoms with E-state index < -0.39 is 0 Å². The third kappa shape index (κ3) is 3.47. The molecule has 1 heterocycles. The van der Waals surface area contributed by atoms with Crippen LogP contribution in [0.4, 0.5) is 0 Å². The van der Waals surface area contributed by atoms with Crippen LogP contribution in [0.2, 0.25) is 0 Å². The van der Waals surface area contributed by atoms with Crippen molar-refractivity contribution in [1.29, 1.82) is 0 Å². The standard InChI is InChI=1S/C15H22O3/c1-3-7-13(4-2)16-11-15-17-10-12-8-5-6-9-14(12)18-15/h5-6,8-9,13,15H,3-4,7,10-11H2,1-2H3. The van der Waals surface area contributed by atoms with Crippen molar-refractivity contribution in [1.82, 2.24) is 0 Å². The zero-order valence-corrected chi connectivity index (χ0v) is 11.2. The van der Waals surface area contributed by atoms with E-state index >= 15 is 0 Å². The molecule has 0 spiro atoms. The van der Waals surface area contributed by atoms with Gasteiger partial charge in [-0.05, 0) is 18.9 Å². The maximum Gasteiger partial charge on any atom is 0.223 e. The number of benzene rings is 1. The van der Waals surface area contributed by atoms with Gasteiger partial charge in [0.2, 0.25) is 6.29 Å². The Morgan fingerprint density at radius 2 is 2.17 bits per heavy atom. The Bertz CT molecular complexity index is 365. The number of fused-ring (bicyclic) bond motifs is 1. The summed E-state index contributed by atoms with van der Waals surface area (Å²) in [6, 6.07) is 7.98. The SMILES string of the molecule is CCCC(CC)OCC1OCc2ccccc2O1. The van der Waals surface area contributed by atoms with Crippen LogP contribution in [0.1, 0.15) is 38.7 Å². The highest BCUT2D eigenvalue weighted by molar-refractivity contribution is 5.33. The van der Waals surface area contributed by atoms with Crippen molar-refractivity contribution in [2.75, 3.05) is 6.61 Å². The van der Waals surface area contributed by atoms with Gasteiger partial charge in [0, 0.05) is 5.56 Å². The normalized spacial score (nSPS) is 20.0. The minimum absolute atomic E-state index is 0.272. The quantitative estimate of drug-likeness (QED) is 0.773. The van der Waals surface area contributed by atoms with Gasteiger partial charge in [0.15, 0.2) is 0 Å². The third-order valence-corrected chi connectivity index (χ3v) is 3.19. The molecule has 0 saturated carbocycles. The first-order valence-electron chi connectivity index (χ1n) is 6.81. The molecule has 1 aliphatic heterocycles. The lowest BCUT2D eigenvalue weighted by atomic mass is 10.1. The molecule has 2 atom stereocenters. The molecular weight excluding hydrogens is 228 g/mol. The Labute approximate surface area is 109 Å². The van der Waals surface area contributed by atoms with Crippen LogP contribution in [0.25, 0.3) is 0 Å². The maximum absolute atomic E-state index is 5.84. The van der Waals surface area contributed by atoms with Gasteiger partial charge in [0.1, 0.15) is 12.4 Å². The first kappa shape index (κ1) is 13.4. The van der Waals surface area contributed by atoms with E-state index in [4.69, 9.17) is 14.2 Å². The largest absolute Gasteiger partial charge is 0.462 e. The molecule has 18 heavy (non-hydrogen) atoms. The Balaban J connectivity index is 1.82. The summed E-state index contributed by atoms with van der Waals surface area (Å²) in [4.78, 5) is 0. The molecule has 0 bridgehead atoms. The number of rotatable bonds is 6. The zero-order valence-electron chi connectivity index (χ0n) is 11.2. The van der Waals surface area contributed by atoms with Gasteiger partial charge in [-0.3, -0.25) is 0 Å². The molecule has 1 aromatic rings. The van der Waals surface area contributed by atoms with Crippen molar-refractivity contribution >= 4 is 0 Å². The summed E-state index contributed by atoms with van der Waals surface area (Å²) in [6.07, 6.45) is 3.33. The molecule has 0 N–H and O–H groups in total. The fourth-order valence-corrected chi connectivity index (χ4v) is 2.12. The van der Waals surface area contributed by atoms with Gasteiger partial charge >= 0.3 is 0 Å². The second kappa shape index (κ2) is 6.76. The molecule has 2 rings (SSSR count). The van der Waals surface area contributed by atoms with Crippen LogP contribution >= 0.6 is 0 Å². The molecule has 1 aromatic carbocycles. The van der Waals surface area contributed by atoms with Gasteiger partial charge in [-0.25, -0.2) is 0 Å². The molecule has 2 unspecified atom stereocenters. The van der Waals surface area contributed by atoms with Crippen molar-refractivity contribution in [3.8, 4) is 5.75 Å². The molecule has 0 amide bonds. The number of hydrogen-bond donors (Lipinski definition) is 0. The Morgan fingerprint density at radius 1 is 1.33 bits per heavy atom. The average molecular weight is 250 g/mol. The number of hydrogen-bond acceptors (Lipinski definition) is 3. The van der Waals surface area contributed by atoms with Crippen LogP contribution in [-0.4, -0.2) is 19.0 Å². The van der Waals surface area contributed by atoms with E-state index in [1.807, 2.05) is 24.3 Å². The van der Waals surface area contributed by atoms with E-state index in [2.05, 4.69) is 13.8 Å². The van der Waals surface area contributed by atoms with E-state index in [0.717, 1.165) is 30.6 Å². The molecule has 0 saturated heterocycles. The van der Waals surface area contributed by atoms with Gasteiger partial charge < -0.3 is 14.2 Å². The molecular formula is C15H22O3. The molecule has 1 aliphatic rings. The molecule has 3 nitrogen and oxygen atoms in total. The van der Waals surface area contributed by atoms with Crippen LogP contribution in [0.15, 0.2) is 24.3 Å². The van der Waals surface area contributed by atoms with Crippen molar-refractivity contribution in [2.24, 2.45) is 0 Å². The summed E-state index contributed by atoms with van der Waals surface area (Å²) in [6.45, 7) is 5.44. The Hall–Kier alpha value is -1.06. The molecule has 0 aliphatic carbocycles. The smallest absolute Gasteiger partial charge is 0.223 e. The first-order chi connectivity index (χ1) is 8.83. The van der Waals surface area contributed by atoms with Crippen LogP contribution < -0.4 is 4.74 Å². The lowest BCUT2D eigenvalue weighted by Crippen LogP contribution is -2.32. The van der Waals surface area contributed by atoms with Crippen LogP contribution in [0.5, 0.6) is 5.75 Å². The molecule has 0 fully saturated rings. The second-order valence-corrected chi connectivity index (χ2v) is 4.62. The minimum atomic E-state index is -0.272. The summed E-state index contributed by atoms with van der Waals surface area (Å²) >= 11 is 0. The summed E-state index contributed by atoms with van der Waals surface area (Å²) in [5, 5.41) is 0. The first-order valence-corrected chi connectivity index (χ1v) is 6.81. The lowest BCUT2D eigenvalue weighted by Gasteiger charge is -2.27. The second-order valence-electron chi connectivity index (χ2n) is 4.62. The van der Waals surface area contributed by atoms with Crippen molar-refractivity contribution < 1.29 is 14.2 Å². The van der Waals surface area contributed by atoms with Gasteiger partial charge in [0.05, 0.1) is 12.7 Å². The van der Waals surface area contributed by atoms with E-state index in [9.17, 15) is 0 Å². The van der Waals surface area contributed by atoms with Crippen molar-refractivity contribution in [3.63, 3.8) is 0 Å². The highest BCUT2D eigenvalue weighted by Gasteiger charge is 2.20. The predicted octanol–water partition coefficient (Wildman–Crippen LogP) is 3.52. The van der Waals surface area contributed by atoms with Crippen LogP contribution in [0.3, 0.4) is 0 Å². The highest BCUT2D eigenvalue weighted by Crippen LogP contribution is 2.25. The highest BCUT2D eigenvalue weighted by atomic mass is 16.7. The fourth-order valence-electron chi connectivity index (χ4n) is 2.12. The topological polar surface area (TPSA) is 27.7 Å². The third-order valence-electron chi connectivity index (χ3n) is 3.19. The molecule has 3 heteroatoms. The van der Waals surface area contributed by atoms with E-state index in [1.54, 1.807) is 0 Å². The van der Waals surface area contributed by atoms with Crippen molar-refractivity contribution in [3.05, 3.63) is 29.8 Å². The van der Waals surface area contributed by atoms with Crippen LogP contribution in [-0.2, 0) is 16.1 Å². The number of para-hydroxylation sites is 1. The minimum Gasteiger partial charge on any atom is -0.462 e. The molecule has 0 aromatic heterocycles. The number of ether oxygens (including phenoxy) is 3. The lowest BCUT2D eigenvalue weighted by molar-refractivity contribution is -0.154. The Morgan fingerprint density at radius 3 is 2.94 bits per heavy atom. The summed E-state index contributed by atoms with van der Waals surface area (Å²) < 4.78 is 17.2.